The Balaban J connectivity index is 2.32. The van der Waals surface area contributed by atoms with Crippen LogP contribution in [0.3, 0.4) is 0 Å². The molecular formula is C14H20N2O2. The van der Waals surface area contributed by atoms with E-state index in [0.717, 1.165) is 19.5 Å². The number of carboxylic acids is 1. The molecule has 0 bridgehead atoms. The van der Waals surface area contributed by atoms with Crippen molar-refractivity contribution in [2.45, 2.75) is 20.3 Å². The molecule has 1 saturated heterocycles. The molecule has 0 radical (unpaired) electrons. The van der Waals surface area contributed by atoms with Gasteiger partial charge in [-0.2, -0.15) is 0 Å². The van der Waals surface area contributed by atoms with Crippen molar-refractivity contribution in [3.8, 4) is 0 Å². The van der Waals surface area contributed by atoms with Crippen molar-refractivity contribution in [3.63, 3.8) is 0 Å². The molecule has 3 N–H and O–H groups in total. The minimum absolute atomic E-state index is 0.305. The van der Waals surface area contributed by atoms with Gasteiger partial charge in [0.2, 0.25) is 0 Å². The quantitative estimate of drug-likeness (QED) is 0.806. The third-order valence-corrected chi connectivity index (χ3v) is 3.78. The van der Waals surface area contributed by atoms with Gasteiger partial charge in [0.05, 0.1) is 16.9 Å². The number of carboxylic acid groups (broad SMARTS) is 1. The van der Waals surface area contributed by atoms with Crippen LogP contribution in [0.1, 0.15) is 30.6 Å². The van der Waals surface area contributed by atoms with Gasteiger partial charge in [0.25, 0.3) is 0 Å². The summed E-state index contributed by atoms with van der Waals surface area (Å²) in [5.74, 6) is 0.324. The van der Waals surface area contributed by atoms with E-state index >= 15 is 0 Å². The van der Waals surface area contributed by atoms with Crippen LogP contribution in [0.2, 0.25) is 0 Å². The first kappa shape index (κ1) is 12.7. The van der Waals surface area contributed by atoms with E-state index in [2.05, 4.69) is 18.7 Å². The summed E-state index contributed by atoms with van der Waals surface area (Å²) in [5, 5.41) is 9.24. The number of rotatable bonds is 3. The lowest BCUT2D eigenvalue weighted by Gasteiger charge is -2.23. The summed E-state index contributed by atoms with van der Waals surface area (Å²) in [5.41, 5.74) is 7.50. The summed E-state index contributed by atoms with van der Waals surface area (Å²) >= 11 is 0. The fourth-order valence-corrected chi connectivity index (χ4v) is 2.62. The van der Waals surface area contributed by atoms with E-state index in [-0.39, 0.29) is 0 Å². The van der Waals surface area contributed by atoms with Crippen molar-refractivity contribution in [1.82, 2.24) is 0 Å². The summed E-state index contributed by atoms with van der Waals surface area (Å²) in [4.78, 5) is 13.4. The molecule has 1 aliphatic rings. The number of nitrogen functional groups attached to an aromatic ring is 1. The smallest absolute Gasteiger partial charge is 0.337 e. The number of benzene rings is 1. The summed E-state index contributed by atoms with van der Waals surface area (Å²) in [6, 6.07) is 5.08. The number of carbonyl (C=O) groups is 1. The molecule has 0 aromatic heterocycles. The van der Waals surface area contributed by atoms with Crippen LogP contribution in [0.5, 0.6) is 0 Å². The topological polar surface area (TPSA) is 66.6 Å². The summed E-state index contributed by atoms with van der Waals surface area (Å²) in [7, 11) is 0. The first-order chi connectivity index (χ1) is 8.50. The highest BCUT2D eigenvalue weighted by Crippen LogP contribution is 2.34. The molecule has 1 aromatic carbocycles. The van der Waals surface area contributed by atoms with Crippen LogP contribution in [0.4, 0.5) is 11.4 Å². The number of nitrogens with zero attached hydrogens (tertiary/aromatic N) is 1. The Labute approximate surface area is 107 Å². The molecule has 98 valence electrons. The van der Waals surface area contributed by atoms with E-state index in [9.17, 15) is 9.90 Å². The zero-order chi connectivity index (χ0) is 13.3. The van der Waals surface area contributed by atoms with Gasteiger partial charge in [-0.05, 0) is 30.4 Å². The van der Waals surface area contributed by atoms with E-state index in [1.807, 2.05) is 0 Å². The standard InChI is InChI=1S/C14H20N2O2/c1-9(2)10-6-7-16(8-10)13-11(14(17)18)4-3-5-12(13)15/h3-5,9-10H,6-8,15H2,1-2H3,(H,17,18). The molecule has 1 unspecified atom stereocenters. The zero-order valence-electron chi connectivity index (χ0n) is 10.9. The summed E-state index contributed by atoms with van der Waals surface area (Å²) in [6.07, 6.45) is 1.10. The van der Waals surface area contributed by atoms with E-state index in [1.165, 1.54) is 0 Å². The van der Waals surface area contributed by atoms with Crippen LogP contribution in [0, 0.1) is 11.8 Å². The molecule has 0 saturated carbocycles. The van der Waals surface area contributed by atoms with Crippen LogP contribution < -0.4 is 10.6 Å². The maximum atomic E-state index is 11.3. The predicted octanol–water partition coefficient (Wildman–Crippen LogP) is 2.45. The van der Waals surface area contributed by atoms with Gasteiger partial charge < -0.3 is 15.7 Å². The number of hydrogen-bond donors (Lipinski definition) is 2. The van der Waals surface area contributed by atoms with Gasteiger partial charge in [-0.1, -0.05) is 19.9 Å². The monoisotopic (exact) mass is 248 g/mol. The van der Waals surface area contributed by atoms with Gasteiger partial charge in [0.1, 0.15) is 0 Å². The molecular weight excluding hydrogens is 228 g/mol. The second-order valence-electron chi connectivity index (χ2n) is 5.29. The van der Waals surface area contributed by atoms with Crippen molar-refractivity contribution in [2.75, 3.05) is 23.7 Å². The molecule has 0 amide bonds. The molecule has 2 rings (SSSR count). The van der Waals surface area contributed by atoms with Gasteiger partial charge in [-0.25, -0.2) is 4.79 Å². The number of aromatic carboxylic acids is 1. The Bertz CT molecular complexity index is 457. The molecule has 1 aliphatic heterocycles. The third kappa shape index (κ3) is 2.28. The molecule has 1 fully saturated rings. The zero-order valence-corrected chi connectivity index (χ0v) is 10.9. The molecule has 0 aliphatic carbocycles. The minimum atomic E-state index is -0.912. The predicted molar refractivity (Wildman–Crippen MR) is 73.0 cm³/mol. The van der Waals surface area contributed by atoms with Crippen LogP contribution in [-0.4, -0.2) is 24.2 Å². The Kier molecular flexibility index (Phi) is 3.45. The van der Waals surface area contributed by atoms with Crippen molar-refractivity contribution in [1.29, 1.82) is 0 Å². The van der Waals surface area contributed by atoms with E-state index in [4.69, 9.17) is 5.73 Å². The molecule has 1 heterocycles. The number of anilines is 2. The lowest BCUT2D eigenvalue weighted by molar-refractivity contribution is 0.0697. The molecule has 18 heavy (non-hydrogen) atoms. The molecule has 4 heteroatoms. The Morgan fingerprint density at radius 3 is 2.78 bits per heavy atom. The van der Waals surface area contributed by atoms with E-state index in [0.29, 0.717) is 28.8 Å². The average molecular weight is 248 g/mol. The highest BCUT2D eigenvalue weighted by molar-refractivity contribution is 5.98. The fourth-order valence-electron chi connectivity index (χ4n) is 2.62. The van der Waals surface area contributed by atoms with E-state index in [1.54, 1.807) is 18.2 Å². The first-order valence-electron chi connectivity index (χ1n) is 6.37. The second-order valence-corrected chi connectivity index (χ2v) is 5.29. The average Bonchev–Trinajstić information content (AvgIpc) is 2.77. The fraction of sp³-hybridized carbons (Fsp3) is 0.500. The van der Waals surface area contributed by atoms with Crippen LogP contribution >= 0.6 is 0 Å². The molecule has 1 atom stereocenters. The minimum Gasteiger partial charge on any atom is -0.478 e. The number of hydrogen-bond acceptors (Lipinski definition) is 3. The molecule has 4 nitrogen and oxygen atoms in total. The molecule has 0 spiro atoms. The van der Waals surface area contributed by atoms with Gasteiger partial charge in [0, 0.05) is 13.1 Å². The SMILES string of the molecule is CC(C)C1CCN(c2c(N)cccc2C(=O)O)C1. The third-order valence-electron chi connectivity index (χ3n) is 3.78. The van der Waals surface area contributed by atoms with Crippen molar-refractivity contribution >= 4 is 17.3 Å². The summed E-state index contributed by atoms with van der Waals surface area (Å²) in [6.45, 7) is 6.20. The largest absolute Gasteiger partial charge is 0.478 e. The van der Waals surface area contributed by atoms with Gasteiger partial charge >= 0.3 is 5.97 Å². The van der Waals surface area contributed by atoms with Crippen LogP contribution in [0.15, 0.2) is 18.2 Å². The van der Waals surface area contributed by atoms with Crippen molar-refractivity contribution in [3.05, 3.63) is 23.8 Å². The van der Waals surface area contributed by atoms with Crippen LogP contribution in [0.25, 0.3) is 0 Å². The maximum absolute atomic E-state index is 11.3. The van der Waals surface area contributed by atoms with Crippen molar-refractivity contribution in [2.24, 2.45) is 11.8 Å². The Morgan fingerprint density at radius 1 is 1.50 bits per heavy atom. The lowest BCUT2D eigenvalue weighted by Crippen LogP contribution is -2.24. The maximum Gasteiger partial charge on any atom is 0.337 e. The Hall–Kier alpha value is -1.71. The van der Waals surface area contributed by atoms with Crippen LogP contribution in [-0.2, 0) is 0 Å². The van der Waals surface area contributed by atoms with Crippen molar-refractivity contribution < 1.29 is 9.90 Å². The van der Waals surface area contributed by atoms with Gasteiger partial charge in [-0.15, -0.1) is 0 Å². The number of para-hydroxylation sites is 1. The highest BCUT2D eigenvalue weighted by Gasteiger charge is 2.28. The summed E-state index contributed by atoms with van der Waals surface area (Å²) < 4.78 is 0. The Morgan fingerprint density at radius 2 is 2.22 bits per heavy atom. The first-order valence-corrected chi connectivity index (χ1v) is 6.37. The highest BCUT2D eigenvalue weighted by atomic mass is 16.4. The lowest BCUT2D eigenvalue weighted by atomic mass is 9.95. The number of nitrogens with two attached hydrogens (primary N) is 1. The van der Waals surface area contributed by atoms with Gasteiger partial charge in [0.15, 0.2) is 0 Å². The van der Waals surface area contributed by atoms with E-state index < -0.39 is 5.97 Å². The normalized spacial score (nSPS) is 19.5. The second kappa shape index (κ2) is 4.88. The molecule has 1 aromatic rings. The van der Waals surface area contributed by atoms with Gasteiger partial charge in [-0.3, -0.25) is 0 Å².